The zero-order valence-corrected chi connectivity index (χ0v) is 11.2. The number of carbonyl (C=O) groups excluding carboxylic acids is 1. The highest BCUT2D eigenvalue weighted by molar-refractivity contribution is 5.83. The van der Waals surface area contributed by atoms with Crippen molar-refractivity contribution < 1.29 is 4.79 Å². The molecule has 0 aromatic heterocycles. The molecular weight excluding hydrogens is 226 g/mol. The standard InChI is InChI=1S/C14H23N3O/c1-11-10-17(12-6-4-2-3-5-7-12)13(8-9-15)14(18)16-11/h11-13H,2-8,10H2,1H3,(H,16,18). The van der Waals surface area contributed by atoms with Crippen LogP contribution in [0.3, 0.4) is 0 Å². The average Bonchev–Trinajstić information content (AvgIpc) is 2.61. The summed E-state index contributed by atoms with van der Waals surface area (Å²) in [4.78, 5) is 14.3. The van der Waals surface area contributed by atoms with Crippen LogP contribution in [-0.4, -0.2) is 35.5 Å². The van der Waals surface area contributed by atoms with E-state index in [9.17, 15) is 4.79 Å². The Hall–Kier alpha value is -1.08. The van der Waals surface area contributed by atoms with Gasteiger partial charge in [0.05, 0.1) is 12.5 Å². The van der Waals surface area contributed by atoms with Gasteiger partial charge in [0.1, 0.15) is 6.04 Å². The molecular formula is C14H23N3O. The van der Waals surface area contributed by atoms with Crippen LogP contribution < -0.4 is 5.32 Å². The first-order valence-corrected chi connectivity index (χ1v) is 7.15. The molecule has 2 aliphatic rings. The summed E-state index contributed by atoms with van der Waals surface area (Å²) in [6.07, 6.45) is 7.83. The summed E-state index contributed by atoms with van der Waals surface area (Å²) in [5, 5.41) is 11.9. The normalized spacial score (nSPS) is 31.4. The topological polar surface area (TPSA) is 56.1 Å². The molecule has 1 heterocycles. The van der Waals surface area contributed by atoms with Crippen LogP contribution in [-0.2, 0) is 4.79 Å². The second kappa shape index (κ2) is 6.19. The smallest absolute Gasteiger partial charge is 0.238 e. The first-order chi connectivity index (χ1) is 8.72. The van der Waals surface area contributed by atoms with Gasteiger partial charge in [-0.2, -0.15) is 5.26 Å². The minimum Gasteiger partial charge on any atom is -0.351 e. The summed E-state index contributed by atoms with van der Waals surface area (Å²) in [6.45, 7) is 2.94. The van der Waals surface area contributed by atoms with E-state index >= 15 is 0 Å². The molecule has 2 atom stereocenters. The molecule has 100 valence electrons. The molecule has 1 aliphatic heterocycles. The third kappa shape index (κ3) is 3.02. The number of rotatable bonds is 2. The Morgan fingerprint density at radius 3 is 2.61 bits per heavy atom. The molecule has 18 heavy (non-hydrogen) atoms. The highest BCUT2D eigenvalue weighted by Crippen LogP contribution is 2.26. The van der Waals surface area contributed by atoms with Crippen molar-refractivity contribution in [3.63, 3.8) is 0 Å². The molecule has 1 saturated carbocycles. The van der Waals surface area contributed by atoms with Gasteiger partial charge in [0.15, 0.2) is 0 Å². The number of piperazine rings is 1. The van der Waals surface area contributed by atoms with Crippen LogP contribution in [0, 0.1) is 11.3 Å². The number of hydrogen-bond donors (Lipinski definition) is 1. The summed E-state index contributed by atoms with van der Waals surface area (Å²) < 4.78 is 0. The summed E-state index contributed by atoms with van der Waals surface area (Å²) in [5.74, 6) is 0.0412. The fraction of sp³-hybridized carbons (Fsp3) is 0.857. The summed E-state index contributed by atoms with van der Waals surface area (Å²) >= 11 is 0. The molecule has 0 aromatic rings. The van der Waals surface area contributed by atoms with E-state index in [1.54, 1.807) is 0 Å². The van der Waals surface area contributed by atoms with Crippen molar-refractivity contribution in [3.05, 3.63) is 0 Å². The quantitative estimate of drug-likeness (QED) is 0.759. The maximum absolute atomic E-state index is 12.0. The van der Waals surface area contributed by atoms with Crippen molar-refractivity contribution >= 4 is 5.91 Å². The zero-order valence-electron chi connectivity index (χ0n) is 11.2. The average molecular weight is 249 g/mol. The monoisotopic (exact) mass is 249 g/mol. The minimum absolute atomic E-state index is 0.0412. The zero-order chi connectivity index (χ0) is 13.0. The number of carbonyl (C=O) groups is 1. The predicted molar refractivity (Wildman–Crippen MR) is 69.8 cm³/mol. The maximum atomic E-state index is 12.0. The van der Waals surface area contributed by atoms with E-state index in [1.165, 1.54) is 38.5 Å². The van der Waals surface area contributed by atoms with Gasteiger partial charge >= 0.3 is 0 Å². The summed E-state index contributed by atoms with van der Waals surface area (Å²) in [7, 11) is 0. The van der Waals surface area contributed by atoms with E-state index in [1.807, 2.05) is 6.92 Å². The molecule has 2 rings (SSSR count). The lowest BCUT2D eigenvalue weighted by Crippen LogP contribution is -2.61. The van der Waals surface area contributed by atoms with Crippen LogP contribution >= 0.6 is 0 Å². The fourth-order valence-electron chi connectivity index (χ4n) is 3.27. The van der Waals surface area contributed by atoms with E-state index in [0.29, 0.717) is 12.5 Å². The molecule has 1 amide bonds. The molecule has 4 heteroatoms. The van der Waals surface area contributed by atoms with Crippen molar-refractivity contribution in [2.24, 2.45) is 0 Å². The molecule has 4 nitrogen and oxygen atoms in total. The van der Waals surface area contributed by atoms with Crippen molar-refractivity contribution in [1.29, 1.82) is 5.26 Å². The Labute approximate surface area is 109 Å². The SMILES string of the molecule is CC1CN(C2CCCCCC2)C(CC#N)C(=O)N1. The Morgan fingerprint density at radius 1 is 1.33 bits per heavy atom. The van der Waals surface area contributed by atoms with Gasteiger partial charge in [0.25, 0.3) is 0 Å². The molecule has 1 N–H and O–H groups in total. The first-order valence-electron chi connectivity index (χ1n) is 7.15. The maximum Gasteiger partial charge on any atom is 0.238 e. The lowest BCUT2D eigenvalue weighted by Gasteiger charge is -2.42. The first kappa shape index (κ1) is 13.4. The second-order valence-corrected chi connectivity index (χ2v) is 5.63. The van der Waals surface area contributed by atoms with Crippen molar-refractivity contribution in [3.8, 4) is 6.07 Å². The third-order valence-corrected chi connectivity index (χ3v) is 4.15. The molecule has 0 radical (unpaired) electrons. The van der Waals surface area contributed by atoms with Crippen molar-refractivity contribution in [2.75, 3.05) is 6.54 Å². The number of hydrogen-bond acceptors (Lipinski definition) is 3. The van der Waals surface area contributed by atoms with Gasteiger partial charge in [-0.05, 0) is 19.8 Å². The Morgan fingerprint density at radius 2 is 2.00 bits per heavy atom. The van der Waals surface area contributed by atoms with Crippen molar-refractivity contribution in [1.82, 2.24) is 10.2 Å². The number of amides is 1. The molecule has 0 bridgehead atoms. The van der Waals surface area contributed by atoms with Gasteiger partial charge in [0, 0.05) is 18.6 Å². The highest BCUT2D eigenvalue weighted by atomic mass is 16.2. The van der Waals surface area contributed by atoms with Crippen LogP contribution in [0.4, 0.5) is 0 Å². The Kier molecular flexibility index (Phi) is 4.60. The molecule has 0 aromatic carbocycles. The van der Waals surface area contributed by atoms with Crippen LogP contribution in [0.1, 0.15) is 51.9 Å². The van der Waals surface area contributed by atoms with Gasteiger partial charge < -0.3 is 5.32 Å². The predicted octanol–water partition coefficient (Wildman–Crippen LogP) is 1.81. The van der Waals surface area contributed by atoms with E-state index in [2.05, 4.69) is 16.3 Å². The number of nitrogens with zero attached hydrogens (tertiary/aromatic N) is 2. The Bertz CT molecular complexity index is 328. The fourth-order valence-corrected chi connectivity index (χ4v) is 3.27. The molecule has 2 fully saturated rings. The highest BCUT2D eigenvalue weighted by Gasteiger charge is 2.36. The van der Waals surface area contributed by atoms with E-state index < -0.39 is 0 Å². The van der Waals surface area contributed by atoms with Gasteiger partial charge in [0.2, 0.25) is 5.91 Å². The Balaban J connectivity index is 2.09. The van der Waals surface area contributed by atoms with E-state index in [0.717, 1.165) is 6.54 Å². The number of nitrogens with one attached hydrogen (secondary N) is 1. The van der Waals surface area contributed by atoms with E-state index in [4.69, 9.17) is 5.26 Å². The van der Waals surface area contributed by atoms with Gasteiger partial charge in [-0.3, -0.25) is 9.69 Å². The third-order valence-electron chi connectivity index (χ3n) is 4.15. The lowest BCUT2D eigenvalue weighted by atomic mass is 9.99. The summed E-state index contributed by atoms with van der Waals surface area (Å²) in [5.41, 5.74) is 0. The van der Waals surface area contributed by atoms with Gasteiger partial charge in [-0.25, -0.2) is 0 Å². The molecule has 2 unspecified atom stereocenters. The van der Waals surface area contributed by atoms with Crippen LogP contribution in [0.25, 0.3) is 0 Å². The van der Waals surface area contributed by atoms with Crippen LogP contribution in [0.5, 0.6) is 0 Å². The summed E-state index contributed by atoms with van der Waals surface area (Å²) in [6, 6.07) is 2.64. The largest absolute Gasteiger partial charge is 0.351 e. The molecule has 0 spiro atoms. The second-order valence-electron chi connectivity index (χ2n) is 5.63. The molecule has 1 saturated heterocycles. The van der Waals surface area contributed by atoms with E-state index in [-0.39, 0.29) is 18.0 Å². The van der Waals surface area contributed by atoms with Gasteiger partial charge in [-0.15, -0.1) is 0 Å². The lowest BCUT2D eigenvalue weighted by molar-refractivity contribution is -0.131. The van der Waals surface area contributed by atoms with Crippen LogP contribution in [0.15, 0.2) is 0 Å². The van der Waals surface area contributed by atoms with Gasteiger partial charge in [-0.1, -0.05) is 25.7 Å². The van der Waals surface area contributed by atoms with Crippen molar-refractivity contribution in [2.45, 2.75) is 70.0 Å². The minimum atomic E-state index is -0.228. The number of nitriles is 1. The molecule has 1 aliphatic carbocycles. The van der Waals surface area contributed by atoms with Crippen LogP contribution in [0.2, 0.25) is 0 Å².